The monoisotopic (exact) mass is 308 g/mol. The summed E-state index contributed by atoms with van der Waals surface area (Å²) in [6.45, 7) is 0. The van der Waals surface area contributed by atoms with E-state index < -0.39 is 10.8 Å². The van der Waals surface area contributed by atoms with Crippen molar-refractivity contribution in [2.45, 2.75) is 10.8 Å². The van der Waals surface area contributed by atoms with Gasteiger partial charge in [-0.25, -0.2) is 0 Å². The van der Waals surface area contributed by atoms with E-state index in [0.717, 1.165) is 11.3 Å². The van der Waals surface area contributed by atoms with Crippen molar-refractivity contribution in [2.24, 2.45) is 0 Å². The van der Waals surface area contributed by atoms with E-state index in [4.69, 9.17) is 27.9 Å². The van der Waals surface area contributed by atoms with Crippen LogP contribution < -0.4 is 4.74 Å². The van der Waals surface area contributed by atoms with Gasteiger partial charge in [-0.2, -0.15) is 0 Å². The number of hydrogen-bond acceptors (Lipinski definition) is 2. The van der Waals surface area contributed by atoms with E-state index in [1.807, 2.05) is 18.2 Å². The van der Waals surface area contributed by atoms with Crippen LogP contribution in [-0.2, 0) is 0 Å². The average molecular weight is 309 g/mol. The number of halogens is 2. The van der Waals surface area contributed by atoms with Crippen molar-refractivity contribution in [3.63, 3.8) is 0 Å². The lowest BCUT2D eigenvalue weighted by Gasteiger charge is -2.16. The molecule has 0 amide bonds. The highest BCUT2D eigenvalue weighted by atomic mass is 35.5. The van der Waals surface area contributed by atoms with Crippen LogP contribution in [0, 0.1) is 0 Å². The molecule has 0 heterocycles. The zero-order chi connectivity index (χ0) is 14.5. The van der Waals surface area contributed by atoms with Crippen LogP contribution in [0.5, 0.6) is 5.75 Å². The molecule has 0 saturated carbocycles. The Labute approximate surface area is 128 Å². The Morgan fingerprint density at radius 1 is 1.00 bits per heavy atom. The summed E-state index contributed by atoms with van der Waals surface area (Å²) in [5.74, 6) is 0.557. The topological polar surface area (TPSA) is 26.3 Å². The number of benzene rings is 2. The maximum absolute atomic E-state index is 12.2. The SMILES string of the molecule is COc1ccc(C(Cl)C(Cl)C(=O)c2ccccc2)cc1. The molecule has 104 valence electrons. The summed E-state index contributed by atoms with van der Waals surface area (Å²) in [5.41, 5.74) is 1.35. The third kappa shape index (κ3) is 3.33. The first kappa shape index (κ1) is 14.9. The first-order valence-corrected chi connectivity index (χ1v) is 7.02. The van der Waals surface area contributed by atoms with E-state index in [-0.39, 0.29) is 5.78 Å². The van der Waals surface area contributed by atoms with Gasteiger partial charge in [0, 0.05) is 5.56 Å². The molecule has 2 rings (SSSR count). The van der Waals surface area contributed by atoms with Gasteiger partial charge in [0.05, 0.1) is 12.5 Å². The van der Waals surface area contributed by atoms with Gasteiger partial charge in [-0.3, -0.25) is 4.79 Å². The van der Waals surface area contributed by atoms with Crippen molar-refractivity contribution in [2.75, 3.05) is 7.11 Å². The number of carbonyl (C=O) groups is 1. The number of ketones is 1. The van der Waals surface area contributed by atoms with Crippen molar-refractivity contribution in [3.05, 3.63) is 65.7 Å². The van der Waals surface area contributed by atoms with E-state index in [1.165, 1.54) is 0 Å². The van der Waals surface area contributed by atoms with E-state index >= 15 is 0 Å². The van der Waals surface area contributed by atoms with Gasteiger partial charge in [0.25, 0.3) is 0 Å². The van der Waals surface area contributed by atoms with Crippen LogP contribution in [0.3, 0.4) is 0 Å². The average Bonchev–Trinajstić information content (AvgIpc) is 2.53. The summed E-state index contributed by atoms with van der Waals surface area (Å²) in [6.07, 6.45) is 0. The van der Waals surface area contributed by atoms with Gasteiger partial charge >= 0.3 is 0 Å². The Morgan fingerprint density at radius 2 is 1.60 bits per heavy atom. The molecule has 0 aromatic heterocycles. The van der Waals surface area contributed by atoms with Gasteiger partial charge < -0.3 is 4.74 Å². The van der Waals surface area contributed by atoms with Crippen LogP contribution in [-0.4, -0.2) is 18.3 Å². The summed E-state index contributed by atoms with van der Waals surface area (Å²) < 4.78 is 5.08. The fourth-order valence-electron chi connectivity index (χ4n) is 1.85. The van der Waals surface area contributed by atoms with Gasteiger partial charge in [-0.05, 0) is 17.7 Å². The maximum Gasteiger partial charge on any atom is 0.182 e. The summed E-state index contributed by atoms with van der Waals surface area (Å²) in [4.78, 5) is 12.2. The second kappa shape index (κ2) is 6.78. The normalized spacial score (nSPS) is 13.6. The van der Waals surface area contributed by atoms with Crippen molar-refractivity contribution in [1.29, 1.82) is 0 Å². The molecule has 0 radical (unpaired) electrons. The van der Waals surface area contributed by atoms with Gasteiger partial charge in [-0.1, -0.05) is 42.5 Å². The molecule has 2 aromatic rings. The summed E-state index contributed by atoms with van der Waals surface area (Å²) in [6, 6.07) is 16.1. The summed E-state index contributed by atoms with van der Waals surface area (Å²) in [7, 11) is 1.59. The molecule has 0 N–H and O–H groups in total. The number of alkyl halides is 2. The third-order valence-corrected chi connectivity index (χ3v) is 4.08. The van der Waals surface area contributed by atoms with Crippen molar-refractivity contribution >= 4 is 29.0 Å². The van der Waals surface area contributed by atoms with Gasteiger partial charge in [0.1, 0.15) is 11.1 Å². The minimum absolute atomic E-state index is 0.178. The predicted octanol–water partition coefficient (Wildman–Crippen LogP) is 4.47. The Hall–Kier alpha value is -1.51. The van der Waals surface area contributed by atoms with Crippen molar-refractivity contribution in [1.82, 2.24) is 0 Å². The van der Waals surface area contributed by atoms with Crippen molar-refractivity contribution < 1.29 is 9.53 Å². The van der Waals surface area contributed by atoms with Crippen molar-refractivity contribution in [3.8, 4) is 5.75 Å². The quantitative estimate of drug-likeness (QED) is 0.602. The van der Waals surface area contributed by atoms with E-state index in [1.54, 1.807) is 43.5 Å². The number of Topliss-reactive ketones (excluding diaryl/α,β-unsaturated/α-hetero) is 1. The maximum atomic E-state index is 12.2. The highest BCUT2D eigenvalue weighted by Gasteiger charge is 2.26. The molecule has 0 spiro atoms. The molecule has 2 atom stereocenters. The molecule has 4 heteroatoms. The van der Waals surface area contributed by atoms with E-state index in [2.05, 4.69) is 0 Å². The second-order valence-electron chi connectivity index (χ2n) is 4.31. The van der Waals surface area contributed by atoms with Crippen LogP contribution >= 0.6 is 23.2 Å². The molecule has 20 heavy (non-hydrogen) atoms. The largest absolute Gasteiger partial charge is 0.497 e. The van der Waals surface area contributed by atoms with Gasteiger partial charge in [0.2, 0.25) is 0 Å². The Balaban J connectivity index is 2.15. The van der Waals surface area contributed by atoms with Crippen LogP contribution in [0.2, 0.25) is 0 Å². The minimum Gasteiger partial charge on any atom is -0.497 e. The molecular formula is C16H14Cl2O2. The molecule has 0 fully saturated rings. The van der Waals surface area contributed by atoms with Gasteiger partial charge in [-0.15, -0.1) is 23.2 Å². The van der Waals surface area contributed by atoms with Gasteiger partial charge in [0.15, 0.2) is 5.78 Å². The fourth-order valence-corrected chi connectivity index (χ4v) is 2.38. The molecular weight excluding hydrogens is 295 g/mol. The lowest BCUT2D eigenvalue weighted by molar-refractivity contribution is 0.0985. The Bertz CT molecular complexity index is 567. The van der Waals surface area contributed by atoms with Crippen LogP contribution in [0.15, 0.2) is 54.6 Å². The fraction of sp³-hybridized carbons (Fsp3) is 0.188. The number of hydrogen-bond donors (Lipinski definition) is 0. The minimum atomic E-state index is -0.813. The molecule has 2 aromatic carbocycles. The summed E-state index contributed by atoms with van der Waals surface area (Å²) >= 11 is 12.5. The molecule has 0 saturated heterocycles. The standard InChI is InChI=1S/C16H14Cl2O2/c1-20-13-9-7-11(8-10-13)14(17)15(18)16(19)12-5-3-2-4-6-12/h2-10,14-15H,1H3. The van der Waals surface area contributed by atoms with Crippen LogP contribution in [0.1, 0.15) is 21.3 Å². The molecule has 0 aliphatic rings. The number of carbonyl (C=O) groups excluding carboxylic acids is 1. The highest BCUT2D eigenvalue weighted by molar-refractivity contribution is 6.39. The zero-order valence-electron chi connectivity index (χ0n) is 10.9. The second-order valence-corrected chi connectivity index (χ2v) is 5.25. The summed E-state index contributed by atoms with van der Waals surface area (Å²) in [5, 5.41) is -1.40. The highest BCUT2D eigenvalue weighted by Crippen LogP contribution is 2.31. The Kier molecular flexibility index (Phi) is 5.05. The third-order valence-electron chi connectivity index (χ3n) is 3.00. The Morgan fingerprint density at radius 3 is 2.15 bits per heavy atom. The first-order valence-electron chi connectivity index (χ1n) is 6.15. The zero-order valence-corrected chi connectivity index (χ0v) is 12.4. The number of methoxy groups -OCH3 is 1. The lowest BCUT2D eigenvalue weighted by atomic mass is 10.0. The van der Waals surface area contributed by atoms with Crippen LogP contribution in [0.4, 0.5) is 0 Å². The lowest BCUT2D eigenvalue weighted by Crippen LogP contribution is -2.19. The smallest absolute Gasteiger partial charge is 0.182 e. The van der Waals surface area contributed by atoms with Crippen LogP contribution in [0.25, 0.3) is 0 Å². The molecule has 0 aliphatic carbocycles. The molecule has 2 unspecified atom stereocenters. The first-order chi connectivity index (χ1) is 9.63. The number of rotatable bonds is 5. The molecule has 2 nitrogen and oxygen atoms in total. The molecule has 0 bridgehead atoms. The number of ether oxygens (including phenoxy) is 1. The molecule has 0 aliphatic heterocycles. The predicted molar refractivity (Wildman–Crippen MR) is 82.0 cm³/mol. The van der Waals surface area contributed by atoms with E-state index in [0.29, 0.717) is 5.56 Å². The van der Waals surface area contributed by atoms with E-state index in [9.17, 15) is 4.79 Å².